The predicted molar refractivity (Wildman–Crippen MR) is 66.2 cm³/mol. The van der Waals surface area contributed by atoms with Gasteiger partial charge in [-0.3, -0.25) is 4.72 Å². The van der Waals surface area contributed by atoms with Gasteiger partial charge in [0.2, 0.25) is 10.0 Å². The van der Waals surface area contributed by atoms with Gasteiger partial charge in [-0.25, -0.2) is 8.42 Å². The Kier molecular flexibility index (Phi) is 3.28. The van der Waals surface area contributed by atoms with E-state index in [1.54, 1.807) is 18.2 Å². The van der Waals surface area contributed by atoms with Gasteiger partial charge in [0.15, 0.2) is 0 Å². The van der Waals surface area contributed by atoms with E-state index in [1.165, 1.54) is 0 Å². The topological polar surface area (TPSA) is 87.7 Å². The van der Waals surface area contributed by atoms with Crippen LogP contribution in [0.4, 0.5) is 5.69 Å². The zero-order valence-corrected chi connectivity index (χ0v) is 10.3. The van der Waals surface area contributed by atoms with Crippen molar-refractivity contribution in [1.29, 1.82) is 0 Å². The van der Waals surface area contributed by atoms with E-state index in [0.29, 0.717) is 23.1 Å². The molecule has 0 aliphatic rings. The Morgan fingerprint density at radius 1 is 1.35 bits per heavy atom. The molecule has 1 aromatic carbocycles. The quantitative estimate of drug-likeness (QED) is 0.846. The third-order valence-electron chi connectivity index (χ3n) is 2.38. The largest absolute Gasteiger partial charge is 0.281 e. The highest BCUT2D eigenvalue weighted by molar-refractivity contribution is 7.92. The fourth-order valence-electron chi connectivity index (χ4n) is 1.50. The maximum Gasteiger partial charge on any atom is 0.232 e. The summed E-state index contributed by atoms with van der Waals surface area (Å²) in [5.41, 5.74) is 1.64. The summed E-state index contributed by atoms with van der Waals surface area (Å²) in [7, 11) is -3.30. The van der Waals surface area contributed by atoms with Crippen LogP contribution in [-0.2, 0) is 10.0 Å². The molecule has 0 unspecified atom stereocenters. The molecular weight excluding hydrogens is 240 g/mol. The van der Waals surface area contributed by atoms with Crippen molar-refractivity contribution in [2.45, 2.75) is 19.8 Å². The second kappa shape index (κ2) is 4.70. The second-order valence-corrected chi connectivity index (χ2v) is 5.61. The number of nitrogens with zero attached hydrogens (tertiary/aromatic N) is 2. The Bertz CT molecular complexity index is 606. The van der Waals surface area contributed by atoms with Crippen LogP contribution in [0.2, 0.25) is 0 Å². The SMILES string of the molecule is CCCCS(=O)(=O)Nc1cccc2n[nH]nc12. The van der Waals surface area contributed by atoms with Crippen molar-refractivity contribution in [3.63, 3.8) is 0 Å². The Morgan fingerprint density at radius 3 is 2.94 bits per heavy atom. The van der Waals surface area contributed by atoms with Gasteiger partial charge in [0, 0.05) is 0 Å². The number of aromatic nitrogens is 3. The number of unbranched alkanes of at least 4 members (excludes halogenated alkanes) is 1. The summed E-state index contributed by atoms with van der Waals surface area (Å²) < 4.78 is 26.0. The number of anilines is 1. The van der Waals surface area contributed by atoms with Crippen LogP contribution in [-0.4, -0.2) is 29.6 Å². The van der Waals surface area contributed by atoms with E-state index in [-0.39, 0.29) is 5.75 Å². The van der Waals surface area contributed by atoms with E-state index in [9.17, 15) is 8.42 Å². The summed E-state index contributed by atoms with van der Waals surface area (Å²) in [5, 5.41) is 10.3. The summed E-state index contributed by atoms with van der Waals surface area (Å²) in [6.07, 6.45) is 1.49. The highest BCUT2D eigenvalue weighted by atomic mass is 32.2. The first-order valence-electron chi connectivity index (χ1n) is 5.42. The molecule has 0 spiro atoms. The van der Waals surface area contributed by atoms with Crippen LogP contribution in [0.25, 0.3) is 11.0 Å². The monoisotopic (exact) mass is 254 g/mol. The lowest BCUT2D eigenvalue weighted by molar-refractivity contribution is 0.598. The molecule has 0 atom stereocenters. The van der Waals surface area contributed by atoms with Crippen molar-refractivity contribution in [2.24, 2.45) is 0 Å². The summed E-state index contributed by atoms with van der Waals surface area (Å²) in [6, 6.07) is 5.18. The zero-order chi connectivity index (χ0) is 12.3. The van der Waals surface area contributed by atoms with Crippen molar-refractivity contribution in [2.75, 3.05) is 10.5 Å². The first-order valence-corrected chi connectivity index (χ1v) is 7.07. The summed E-state index contributed by atoms with van der Waals surface area (Å²) in [6.45, 7) is 1.95. The third kappa shape index (κ3) is 2.73. The molecule has 0 bridgehead atoms. The first kappa shape index (κ1) is 11.8. The standard InChI is InChI=1S/C10H14N4O2S/c1-2-3-7-17(15,16)13-9-6-4-5-8-10(9)12-14-11-8/h4-6,13H,2-3,7H2,1H3,(H,11,12,14). The van der Waals surface area contributed by atoms with Gasteiger partial charge in [0.1, 0.15) is 11.0 Å². The molecule has 0 amide bonds. The number of benzene rings is 1. The maximum absolute atomic E-state index is 11.8. The first-order chi connectivity index (χ1) is 8.12. The highest BCUT2D eigenvalue weighted by Gasteiger charge is 2.12. The van der Waals surface area contributed by atoms with Crippen LogP contribution in [0.15, 0.2) is 18.2 Å². The van der Waals surface area contributed by atoms with Gasteiger partial charge in [-0.1, -0.05) is 19.4 Å². The normalized spacial score (nSPS) is 11.8. The minimum Gasteiger partial charge on any atom is -0.281 e. The zero-order valence-electron chi connectivity index (χ0n) is 9.47. The summed E-state index contributed by atoms with van der Waals surface area (Å²) >= 11 is 0. The van der Waals surface area contributed by atoms with Gasteiger partial charge in [-0.2, -0.15) is 15.4 Å². The molecule has 6 nitrogen and oxygen atoms in total. The van der Waals surface area contributed by atoms with Crippen LogP contribution >= 0.6 is 0 Å². The molecule has 2 N–H and O–H groups in total. The number of rotatable bonds is 5. The molecule has 0 saturated heterocycles. The number of hydrogen-bond acceptors (Lipinski definition) is 4. The molecule has 0 aliphatic heterocycles. The molecule has 0 fully saturated rings. The molecule has 17 heavy (non-hydrogen) atoms. The lowest BCUT2D eigenvalue weighted by Gasteiger charge is -2.07. The minimum atomic E-state index is -3.30. The second-order valence-electron chi connectivity index (χ2n) is 3.77. The number of sulfonamides is 1. The fraction of sp³-hybridized carbons (Fsp3) is 0.400. The van der Waals surface area contributed by atoms with Crippen molar-refractivity contribution in [1.82, 2.24) is 15.4 Å². The molecule has 92 valence electrons. The average molecular weight is 254 g/mol. The molecule has 0 radical (unpaired) electrons. The maximum atomic E-state index is 11.8. The van der Waals surface area contributed by atoms with Crippen molar-refractivity contribution in [3.05, 3.63) is 18.2 Å². The van der Waals surface area contributed by atoms with Gasteiger partial charge in [0.25, 0.3) is 0 Å². The van der Waals surface area contributed by atoms with Crippen LogP contribution in [0.3, 0.4) is 0 Å². The molecule has 7 heteroatoms. The lowest BCUT2D eigenvalue weighted by Crippen LogP contribution is -2.16. The van der Waals surface area contributed by atoms with Gasteiger partial charge in [-0.15, -0.1) is 0 Å². The average Bonchev–Trinajstić information content (AvgIpc) is 2.75. The molecule has 1 aromatic heterocycles. The fourth-order valence-corrected chi connectivity index (χ4v) is 2.77. The molecule has 1 heterocycles. The van der Waals surface area contributed by atoms with Crippen molar-refractivity contribution < 1.29 is 8.42 Å². The molecule has 0 saturated carbocycles. The van der Waals surface area contributed by atoms with Crippen LogP contribution < -0.4 is 4.72 Å². The summed E-state index contributed by atoms with van der Waals surface area (Å²) in [5.74, 6) is 0.123. The van der Waals surface area contributed by atoms with E-state index >= 15 is 0 Å². The summed E-state index contributed by atoms with van der Waals surface area (Å²) in [4.78, 5) is 0. The predicted octanol–water partition coefficient (Wildman–Crippen LogP) is 1.50. The van der Waals surface area contributed by atoms with Crippen LogP contribution in [0.1, 0.15) is 19.8 Å². The Balaban J connectivity index is 2.26. The Hall–Kier alpha value is -1.63. The number of hydrogen-bond donors (Lipinski definition) is 2. The molecule has 2 rings (SSSR count). The molecule has 0 aliphatic carbocycles. The number of H-pyrrole nitrogens is 1. The van der Waals surface area contributed by atoms with E-state index < -0.39 is 10.0 Å². The van der Waals surface area contributed by atoms with E-state index in [4.69, 9.17) is 0 Å². The van der Waals surface area contributed by atoms with Crippen molar-refractivity contribution in [3.8, 4) is 0 Å². The van der Waals surface area contributed by atoms with Gasteiger partial charge >= 0.3 is 0 Å². The van der Waals surface area contributed by atoms with E-state index in [2.05, 4.69) is 20.1 Å². The van der Waals surface area contributed by atoms with Crippen LogP contribution in [0.5, 0.6) is 0 Å². The van der Waals surface area contributed by atoms with E-state index in [0.717, 1.165) is 6.42 Å². The smallest absolute Gasteiger partial charge is 0.232 e. The minimum absolute atomic E-state index is 0.123. The highest BCUT2D eigenvalue weighted by Crippen LogP contribution is 2.20. The van der Waals surface area contributed by atoms with Gasteiger partial charge in [0.05, 0.1) is 11.4 Å². The van der Waals surface area contributed by atoms with Crippen molar-refractivity contribution >= 4 is 26.7 Å². The molecular formula is C10H14N4O2S. The lowest BCUT2D eigenvalue weighted by atomic mass is 10.3. The Labute approximate surface area is 99.5 Å². The molecule has 2 aromatic rings. The van der Waals surface area contributed by atoms with Gasteiger partial charge < -0.3 is 0 Å². The third-order valence-corrected chi connectivity index (χ3v) is 3.74. The Morgan fingerprint density at radius 2 is 2.18 bits per heavy atom. The number of fused-ring (bicyclic) bond motifs is 1. The van der Waals surface area contributed by atoms with E-state index in [1.807, 2.05) is 6.92 Å². The van der Waals surface area contributed by atoms with Crippen LogP contribution in [0, 0.1) is 0 Å². The number of aromatic amines is 1. The number of nitrogens with one attached hydrogen (secondary N) is 2. The van der Waals surface area contributed by atoms with Gasteiger partial charge in [-0.05, 0) is 18.6 Å². The number of para-hydroxylation sites is 1.